The van der Waals surface area contributed by atoms with Crippen LogP contribution in [0, 0.1) is 0 Å². The summed E-state index contributed by atoms with van der Waals surface area (Å²) in [6.45, 7) is 2.97. The second kappa shape index (κ2) is 11.8. The molecule has 0 spiro atoms. The van der Waals surface area contributed by atoms with Gasteiger partial charge in [-0.3, -0.25) is 4.99 Å². The van der Waals surface area contributed by atoms with E-state index in [9.17, 15) is 8.42 Å². The van der Waals surface area contributed by atoms with E-state index >= 15 is 0 Å². The minimum atomic E-state index is -3.68. The van der Waals surface area contributed by atoms with Crippen molar-refractivity contribution in [2.45, 2.75) is 24.5 Å². The Labute approximate surface area is 189 Å². The van der Waals surface area contributed by atoms with Gasteiger partial charge in [-0.05, 0) is 36.8 Å². The molecule has 29 heavy (non-hydrogen) atoms. The molecule has 10 heteroatoms. The maximum atomic E-state index is 11.3. The van der Waals surface area contributed by atoms with E-state index in [4.69, 9.17) is 14.6 Å². The average Bonchev–Trinajstić information content (AvgIpc) is 2.68. The number of aliphatic imine (C=N–C) groups is 1. The molecular weight excluding hydrogens is 507 g/mol. The van der Waals surface area contributed by atoms with Crippen LogP contribution in [0.3, 0.4) is 0 Å². The van der Waals surface area contributed by atoms with Crippen LogP contribution in [-0.2, 0) is 16.6 Å². The third-order valence-corrected chi connectivity index (χ3v) is 4.80. The Balaban J connectivity index is 0.00000420. The molecule has 0 heterocycles. The van der Waals surface area contributed by atoms with E-state index in [0.717, 1.165) is 17.1 Å². The summed E-state index contributed by atoms with van der Waals surface area (Å²) >= 11 is 0. The summed E-state index contributed by atoms with van der Waals surface area (Å²) in [5.41, 5.74) is 0.899. The lowest BCUT2D eigenvalue weighted by molar-refractivity contribution is 0.223. The highest BCUT2D eigenvalue weighted by Gasteiger charge is 2.08. The molecule has 0 aliphatic carbocycles. The second-order valence-electron chi connectivity index (χ2n) is 6.10. The van der Waals surface area contributed by atoms with Crippen molar-refractivity contribution in [3.63, 3.8) is 0 Å². The summed E-state index contributed by atoms with van der Waals surface area (Å²) < 4.78 is 33.6. The number of halogens is 1. The van der Waals surface area contributed by atoms with Gasteiger partial charge < -0.3 is 20.1 Å². The van der Waals surface area contributed by atoms with Crippen molar-refractivity contribution in [1.82, 2.24) is 10.6 Å². The fourth-order valence-electron chi connectivity index (χ4n) is 2.39. The Morgan fingerprint density at radius 2 is 1.79 bits per heavy atom. The molecule has 0 aromatic heterocycles. The molecule has 8 nitrogen and oxygen atoms in total. The van der Waals surface area contributed by atoms with E-state index in [2.05, 4.69) is 15.6 Å². The minimum absolute atomic E-state index is 0. The molecule has 0 amide bonds. The SMILES string of the molecule is CN=C(NCc1ccc(S(N)(=O)=O)cc1)NCC(C)Oc1cccc(OC)c1.I. The van der Waals surface area contributed by atoms with E-state index in [1.807, 2.05) is 31.2 Å². The number of primary sulfonamides is 1. The molecule has 0 aliphatic heterocycles. The number of nitrogens with one attached hydrogen (secondary N) is 2. The van der Waals surface area contributed by atoms with E-state index in [1.165, 1.54) is 12.1 Å². The van der Waals surface area contributed by atoms with Gasteiger partial charge in [0.1, 0.15) is 17.6 Å². The summed E-state index contributed by atoms with van der Waals surface area (Å²) in [6, 6.07) is 13.8. The summed E-state index contributed by atoms with van der Waals surface area (Å²) in [5.74, 6) is 2.08. The van der Waals surface area contributed by atoms with Gasteiger partial charge in [0, 0.05) is 19.7 Å². The summed E-state index contributed by atoms with van der Waals surface area (Å²) in [5, 5.41) is 11.5. The highest BCUT2D eigenvalue weighted by atomic mass is 127. The molecule has 0 fully saturated rings. The number of nitrogens with two attached hydrogens (primary N) is 1. The van der Waals surface area contributed by atoms with Crippen LogP contribution in [0.2, 0.25) is 0 Å². The molecule has 4 N–H and O–H groups in total. The van der Waals surface area contributed by atoms with Crippen molar-refractivity contribution in [2.24, 2.45) is 10.1 Å². The molecule has 2 aromatic carbocycles. The number of hydrogen-bond donors (Lipinski definition) is 3. The zero-order valence-electron chi connectivity index (χ0n) is 16.6. The van der Waals surface area contributed by atoms with Gasteiger partial charge in [0.2, 0.25) is 10.0 Å². The van der Waals surface area contributed by atoms with Crippen molar-refractivity contribution in [2.75, 3.05) is 20.7 Å². The number of rotatable bonds is 8. The number of hydrogen-bond acceptors (Lipinski definition) is 5. The van der Waals surface area contributed by atoms with E-state index in [0.29, 0.717) is 19.0 Å². The molecule has 1 atom stereocenters. The molecular formula is C19H27IN4O4S. The number of nitrogens with zero attached hydrogens (tertiary/aromatic N) is 1. The molecule has 0 radical (unpaired) electrons. The topological polar surface area (TPSA) is 115 Å². The normalized spacial score (nSPS) is 12.5. The molecule has 0 bridgehead atoms. The van der Waals surface area contributed by atoms with Crippen molar-refractivity contribution in [3.05, 3.63) is 54.1 Å². The first-order chi connectivity index (χ1) is 13.3. The largest absolute Gasteiger partial charge is 0.497 e. The monoisotopic (exact) mass is 534 g/mol. The first-order valence-electron chi connectivity index (χ1n) is 8.69. The number of ether oxygens (including phenoxy) is 2. The van der Waals surface area contributed by atoms with Crippen LogP contribution in [-0.4, -0.2) is 41.2 Å². The third kappa shape index (κ3) is 8.46. The third-order valence-electron chi connectivity index (χ3n) is 3.87. The van der Waals surface area contributed by atoms with Crippen LogP contribution in [0.1, 0.15) is 12.5 Å². The lowest BCUT2D eigenvalue weighted by atomic mass is 10.2. The fourth-order valence-corrected chi connectivity index (χ4v) is 2.91. The summed E-state index contributed by atoms with van der Waals surface area (Å²) in [4.78, 5) is 4.25. The highest BCUT2D eigenvalue weighted by molar-refractivity contribution is 14.0. The van der Waals surface area contributed by atoms with Gasteiger partial charge in [0.15, 0.2) is 5.96 Å². The van der Waals surface area contributed by atoms with Crippen molar-refractivity contribution in [1.29, 1.82) is 0 Å². The molecule has 2 rings (SSSR count). The number of guanidine groups is 1. The van der Waals surface area contributed by atoms with Crippen LogP contribution in [0.4, 0.5) is 0 Å². The Morgan fingerprint density at radius 1 is 1.14 bits per heavy atom. The van der Waals surface area contributed by atoms with E-state index in [1.54, 1.807) is 26.3 Å². The molecule has 0 saturated carbocycles. The van der Waals surface area contributed by atoms with E-state index in [-0.39, 0.29) is 35.0 Å². The van der Waals surface area contributed by atoms with Crippen LogP contribution in [0.15, 0.2) is 58.4 Å². The van der Waals surface area contributed by atoms with Gasteiger partial charge in [0.05, 0.1) is 18.6 Å². The number of sulfonamides is 1. The van der Waals surface area contributed by atoms with Gasteiger partial charge >= 0.3 is 0 Å². The molecule has 0 aliphatic rings. The predicted octanol–water partition coefficient (Wildman–Crippen LogP) is 2.09. The molecule has 2 aromatic rings. The zero-order valence-corrected chi connectivity index (χ0v) is 19.7. The van der Waals surface area contributed by atoms with Gasteiger partial charge in [0.25, 0.3) is 0 Å². The average molecular weight is 534 g/mol. The first kappa shape index (κ1) is 25.0. The highest BCUT2D eigenvalue weighted by Crippen LogP contribution is 2.19. The second-order valence-corrected chi connectivity index (χ2v) is 7.66. The van der Waals surface area contributed by atoms with Crippen molar-refractivity contribution in [3.8, 4) is 11.5 Å². The van der Waals surface area contributed by atoms with Gasteiger partial charge in [-0.1, -0.05) is 18.2 Å². The standard InChI is InChI=1S/C19H26N4O4S.HI/c1-14(27-17-6-4-5-16(11-17)26-3)12-22-19(21-2)23-13-15-7-9-18(10-8-15)28(20,24)25;/h4-11,14H,12-13H2,1-3H3,(H2,20,24,25)(H2,21,22,23);1H. The maximum Gasteiger partial charge on any atom is 0.238 e. The summed E-state index contributed by atoms with van der Waals surface area (Å²) in [6.07, 6.45) is -0.0975. The molecule has 160 valence electrons. The van der Waals surface area contributed by atoms with E-state index < -0.39 is 10.0 Å². The van der Waals surface area contributed by atoms with Gasteiger partial charge in [-0.2, -0.15) is 0 Å². The zero-order chi connectivity index (χ0) is 20.6. The number of methoxy groups -OCH3 is 1. The lowest BCUT2D eigenvalue weighted by Crippen LogP contribution is -2.41. The lowest BCUT2D eigenvalue weighted by Gasteiger charge is -2.18. The maximum absolute atomic E-state index is 11.3. The van der Waals surface area contributed by atoms with Crippen molar-refractivity contribution >= 4 is 40.0 Å². The Bertz CT molecular complexity index is 905. The van der Waals surface area contributed by atoms with Crippen LogP contribution in [0.5, 0.6) is 11.5 Å². The van der Waals surface area contributed by atoms with Crippen LogP contribution in [0.25, 0.3) is 0 Å². The predicted molar refractivity (Wildman–Crippen MR) is 125 cm³/mol. The Morgan fingerprint density at radius 3 is 2.38 bits per heavy atom. The number of benzene rings is 2. The fraction of sp³-hybridized carbons (Fsp3) is 0.316. The Kier molecular flexibility index (Phi) is 10.2. The minimum Gasteiger partial charge on any atom is -0.497 e. The van der Waals surface area contributed by atoms with Gasteiger partial charge in [-0.15, -0.1) is 24.0 Å². The Hall–Kier alpha value is -2.05. The quantitative estimate of drug-likeness (QED) is 0.272. The molecule has 1 unspecified atom stereocenters. The first-order valence-corrected chi connectivity index (χ1v) is 10.2. The van der Waals surface area contributed by atoms with Crippen LogP contribution < -0.4 is 25.2 Å². The smallest absolute Gasteiger partial charge is 0.238 e. The van der Waals surface area contributed by atoms with Crippen LogP contribution >= 0.6 is 24.0 Å². The molecule has 0 saturated heterocycles. The van der Waals surface area contributed by atoms with Gasteiger partial charge in [-0.25, -0.2) is 13.6 Å². The summed E-state index contributed by atoms with van der Waals surface area (Å²) in [7, 11) is -0.395. The van der Waals surface area contributed by atoms with Crippen molar-refractivity contribution < 1.29 is 17.9 Å².